The lowest BCUT2D eigenvalue weighted by Crippen LogP contribution is -2.20. The third kappa shape index (κ3) is 3.00. The summed E-state index contributed by atoms with van der Waals surface area (Å²) in [5, 5.41) is 19.6. The average Bonchev–Trinajstić information content (AvgIpc) is 2.84. The summed E-state index contributed by atoms with van der Waals surface area (Å²) < 4.78 is 30.0. The molecule has 20 heavy (non-hydrogen) atoms. The molecule has 2 rings (SSSR count). The number of carboxylic acids is 1. The van der Waals surface area contributed by atoms with Crippen molar-refractivity contribution in [2.24, 2.45) is 0 Å². The number of urea groups is 1. The third-order valence-electron chi connectivity index (χ3n) is 2.06. The van der Waals surface area contributed by atoms with Gasteiger partial charge in [0.05, 0.1) is 11.3 Å². The Hall–Kier alpha value is -2.69. The predicted molar refractivity (Wildman–Crippen MR) is 63.7 cm³/mol. The summed E-state index contributed by atoms with van der Waals surface area (Å²) in [6.07, 6.45) is 0. The molecule has 0 fully saturated rings. The van der Waals surface area contributed by atoms with Crippen LogP contribution in [0.4, 0.5) is 24.4 Å². The zero-order chi connectivity index (χ0) is 14.7. The van der Waals surface area contributed by atoms with Gasteiger partial charge in [0.2, 0.25) is 5.13 Å². The number of amides is 2. The summed E-state index contributed by atoms with van der Waals surface area (Å²) in [7, 11) is 0. The van der Waals surface area contributed by atoms with E-state index in [4.69, 9.17) is 5.11 Å². The number of carbonyl (C=O) groups excluding carboxylic acids is 1. The van der Waals surface area contributed by atoms with Crippen molar-refractivity contribution in [3.63, 3.8) is 0 Å². The van der Waals surface area contributed by atoms with E-state index >= 15 is 0 Å². The number of aromatic nitrogens is 3. The molecule has 104 valence electrons. The lowest BCUT2D eigenvalue weighted by molar-refractivity contribution is 0.0692. The molecule has 8 nitrogen and oxygen atoms in total. The zero-order valence-corrected chi connectivity index (χ0v) is 10.2. The molecule has 0 aliphatic heterocycles. The number of nitrogens with one attached hydrogen (secondary N) is 2. The van der Waals surface area contributed by atoms with Crippen LogP contribution in [-0.4, -0.2) is 31.9 Å². The minimum Gasteiger partial charge on any atom is -0.478 e. The van der Waals surface area contributed by atoms with Crippen LogP contribution in [0.5, 0.6) is 0 Å². The van der Waals surface area contributed by atoms with E-state index in [-0.39, 0.29) is 5.13 Å². The number of aromatic carboxylic acids is 1. The van der Waals surface area contributed by atoms with Crippen LogP contribution < -0.4 is 10.6 Å². The average molecular weight is 301 g/mol. The van der Waals surface area contributed by atoms with Crippen molar-refractivity contribution in [2.75, 3.05) is 10.6 Å². The fraction of sp³-hybridized carbons (Fsp3) is 0. The minimum atomic E-state index is -1.58. The van der Waals surface area contributed by atoms with E-state index in [0.29, 0.717) is 12.1 Å². The molecule has 0 bridgehead atoms. The summed E-state index contributed by atoms with van der Waals surface area (Å²) >= 11 is 0.784. The maximum Gasteiger partial charge on any atom is 0.338 e. The maximum absolute atomic E-state index is 13.4. The first-order valence-electron chi connectivity index (χ1n) is 4.92. The Morgan fingerprint density at radius 1 is 1.20 bits per heavy atom. The van der Waals surface area contributed by atoms with E-state index < -0.39 is 34.9 Å². The smallest absolute Gasteiger partial charge is 0.338 e. The van der Waals surface area contributed by atoms with Crippen LogP contribution in [0.3, 0.4) is 0 Å². The Morgan fingerprint density at radius 3 is 2.55 bits per heavy atom. The Balaban J connectivity index is 2.18. The van der Waals surface area contributed by atoms with E-state index in [1.807, 2.05) is 5.32 Å². The van der Waals surface area contributed by atoms with Gasteiger partial charge in [-0.2, -0.15) is 0 Å². The van der Waals surface area contributed by atoms with Gasteiger partial charge >= 0.3 is 12.0 Å². The molecule has 0 spiro atoms. The lowest BCUT2D eigenvalue weighted by atomic mass is 10.2. The van der Waals surface area contributed by atoms with Crippen molar-refractivity contribution in [3.8, 4) is 0 Å². The van der Waals surface area contributed by atoms with E-state index in [1.54, 1.807) is 0 Å². The van der Waals surface area contributed by atoms with Crippen molar-refractivity contribution < 1.29 is 23.5 Å². The number of carbonyl (C=O) groups is 2. The monoisotopic (exact) mass is 301 g/mol. The Bertz CT molecular complexity index is 664. The highest BCUT2D eigenvalue weighted by Gasteiger charge is 2.17. The van der Waals surface area contributed by atoms with Crippen molar-refractivity contribution in [1.82, 2.24) is 14.8 Å². The first-order chi connectivity index (χ1) is 9.47. The Morgan fingerprint density at radius 2 is 1.95 bits per heavy atom. The summed E-state index contributed by atoms with van der Waals surface area (Å²) in [4.78, 5) is 22.2. The number of hydrogen-bond acceptors (Lipinski definition) is 6. The Kier molecular flexibility index (Phi) is 3.79. The first kappa shape index (κ1) is 13.7. The number of anilines is 2. The van der Waals surface area contributed by atoms with Crippen LogP contribution >= 0.6 is 11.5 Å². The van der Waals surface area contributed by atoms with Gasteiger partial charge in [-0.25, -0.2) is 18.4 Å². The second-order valence-electron chi connectivity index (χ2n) is 3.36. The number of halogens is 2. The second kappa shape index (κ2) is 5.52. The molecular weight excluding hydrogens is 296 g/mol. The molecule has 1 aromatic heterocycles. The molecule has 0 unspecified atom stereocenters. The van der Waals surface area contributed by atoms with Gasteiger partial charge in [-0.15, -0.1) is 0 Å². The molecule has 0 aliphatic carbocycles. The van der Waals surface area contributed by atoms with Gasteiger partial charge in [-0.05, 0) is 11.3 Å². The summed E-state index contributed by atoms with van der Waals surface area (Å²) in [5.41, 5.74) is -1.25. The molecule has 0 radical (unpaired) electrons. The fourth-order valence-electron chi connectivity index (χ4n) is 1.24. The topological polar surface area (TPSA) is 117 Å². The predicted octanol–water partition coefficient (Wildman–Crippen LogP) is 1.55. The SMILES string of the molecule is O=C(Nc1nnns1)Nc1cc(C(=O)O)c(F)cc1F. The lowest BCUT2D eigenvalue weighted by Gasteiger charge is -2.07. The second-order valence-corrected chi connectivity index (χ2v) is 4.10. The van der Waals surface area contributed by atoms with Crippen molar-refractivity contribution >= 4 is 34.4 Å². The molecule has 2 aromatic rings. The number of carboxylic acid groups (broad SMARTS) is 1. The van der Waals surface area contributed by atoms with E-state index in [1.165, 1.54) is 0 Å². The maximum atomic E-state index is 13.4. The van der Waals surface area contributed by atoms with Crippen molar-refractivity contribution in [1.29, 1.82) is 0 Å². The van der Waals surface area contributed by atoms with Gasteiger partial charge in [0.15, 0.2) is 0 Å². The number of rotatable bonds is 3. The first-order valence-corrected chi connectivity index (χ1v) is 5.70. The molecule has 11 heteroatoms. The molecule has 0 saturated carbocycles. The quantitative estimate of drug-likeness (QED) is 0.792. The standard InChI is InChI=1S/C9H5F2N5O3S/c10-4-2-5(11)6(1-3(4)7(17)18)12-8(19)13-9-14-15-16-20-9/h1-2H,(H,17,18)(H2,12,13,14,16,19). The van der Waals surface area contributed by atoms with Crippen LogP contribution in [0.25, 0.3) is 0 Å². The van der Waals surface area contributed by atoms with Gasteiger partial charge in [0.1, 0.15) is 11.6 Å². The van der Waals surface area contributed by atoms with Crippen LogP contribution in [0.2, 0.25) is 0 Å². The van der Waals surface area contributed by atoms with Gasteiger partial charge in [0, 0.05) is 17.6 Å². The van der Waals surface area contributed by atoms with E-state index in [9.17, 15) is 18.4 Å². The Labute approximate surface area is 113 Å². The highest BCUT2D eigenvalue weighted by molar-refractivity contribution is 7.09. The molecule has 0 saturated heterocycles. The van der Waals surface area contributed by atoms with Crippen LogP contribution in [-0.2, 0) is 0 Å². The largest absolute Gasteiger partial charge is 0.478 e. The van der Waals surface area contributed by atoms with Gasteiger partial charge in [0.25, 0.3) is 0 Å². The van der Waals surface area contributed by atoms with Gasteiger partial charge in [-0.3, -0.25) is 5.32 Å². The van der Waals surface area contributed by atoms with Crippen LogP contribution in [0.1, 0.15) is 10.4 Å². The van der Waals surface area contributed by atoms with Gasteiger partial charge in [-0.1, -0.05) is 9.59 Å². The molecular formula is C9H5F2N5O3S. The highest BCUT2D eigenvalue weighted by Crippen LogP contribution is 2.20. The summed E-state index contributed by atoms with van der Waals surface area (Å²) in [5.74, 6) is -3.94. The summed E-state index contributed by atoms with van der Waals surface area (Å²) in [6, 6.07) is 0.140. The zero-order valence-electron chi connectivity index (χ0n) is 9.42. The molecule has 1 heterocycles. The molecule has 0 atom stereocenters. The minimum absolute atomic E-state index is 0.0588. The highest BCUT2D eigenvalue weighted by atomic mass is 32.1. The fourth-order valence-corrected chi connectivity index (χ4v) is 1.60. The number of hydrogen-bond donors (Lipinski definition) is 3. The molecule has 1 aromatic carbocycles. The molecule has 2 amide bonds. The molecule has 3 N–H and O–H groups in total. The van der Waals surface area contributed by atoms with Crippen molar-refractivity contribution in [2.45, 2.75) is 0 Å². The third-order valence-corrected chi connectivity index (χ3v) is 2.57. The van der Waals surface area contributed by atoms with Crippen molar-refractivity contribution in [3.05, 3.63) is 29.3 Å². The van der Waals surface area contributed by atoms with E-state index in [2.05, 4.69) is 20.1 Å². The summed E-state index contributed by atoms with van der Waals surface area (Å²) in [6.45, 7) is 0. The molecule has 0 aliphatic rings. The van der Waals surface area contributed by atoms with Crippen LogP contribution in [0, 0.1) is 11.6 Å². The number of nitrogens with zero attached hydrogens (tertiary/aromatic N) is 3. The van der Waals surface area contributed by atoms with Crippen LogP contribution in [0.15, 0.2) is 12.1 Å². The van der Waals surface area contributed by atoms with Gasteiger partial charge < -0.3 is 10.4 Å². The normalized spacial score (nSPS) is 10.1. The number of benzene rings is 1. The van der Waals surface area contributed by atoms with E-state index in [0.717, 1.165) is 11.5 Å².